The highest BCUT2D eigenvalue weighted by atomic mass is 16.6. The zero-order chi connectivity index (χ0) is 102. The highest BCUT2D eigenvalue weighted by Gasteiger charge is 2.31. The third kappa shape index (κ3) is 62.1. The molecule has 2 radical (unpaired) electrons. The lowest BCUT2D eigenvalue weighted by molar-refractivity contribution is -0.139. The monoisotopic (exact) mass is 1960 g/mol. The third-order valence-electron chi connectivity index (χ3n) is 23.5. The summed E-state index contributed by atoms with van der Waals surface area (Å²) in [6, 6.07) is -0.573. The maximum atomic E-state index is 14.7. The smallest absolute Gasteiger partial charge is 0.409 e. The fourth-order valence-electron chi connectivity index (χ4n) is 15.5. The van der Waals surface area contributed by atoms with Gasteiger partial charge in [0, 0.05) is 156 Å². The number of morpholine rings is 1. The quantitative estimate of drug-likeness (QED) is 0.0111. The molecule has 139 heavy (non-hydrogen) atoms. The molecule has 1 unspecified atom stereocenters. The Morgan fingerprint density at radius 1 is 0.324 bits per heavy atom. The molecule has 48 heteroatoms. The second-order valence-electron chi connectivity index (χ2n) is 35.2. The van der Waals surface area contributed by atoms with Gasteiger partial charge in [-0.2, -0.15) is 15.0 Å². The van der Waals surface area contributed by atoms with Crippen LogP contribution < -0.4 is 106 Å². The largest absolute Gasteiger partial charge is 0.448 e. The topological polar surface area (TPSA) is 732 Å². The number of hydrogen-bond acceptors (Lipinski definition) is 25. The van der Waals surface area contributed by atoms with Crippen molar-refractivity contribution in [3.8, 4) is 0 Å². The molecule has 6 amide bonds. The zero-order valence-corrected chi connectivity index (χ0v) is 84.1. The molecular formula is C91H177BN36O11. The molecule has 2 fully saturated rings. The molecule has 0 bridgehead atoms. The van der Waals surface area contributed by atoms with E-state index in [1.165, 1.54) is 0 Å². The van der Waals surface area contributed by atoms with E-state index < -0.39 is 30.4 Å². The van der Waals surface area contributed by atoms with Gasteiger partial charge < -0.3 is 160 Å². The van der Waals surface area contributed by atoms with E-state index in [1.54, 1.807) is 34.3 Å². The van der Waals surface area contributed by atoms with E-state index in [-0.39, 0.29) is 149 Å². The van der Waals surface area contributed by atoms with Gasteiger partial charge >= 0.3 is 24.4 Å². The Balaban J connectivity index is 2.33. The van der Waals surface area contributed by atoms with Crippen LogP contribution in [0.4, 0.5) is 37.0 Å². The second kappa shape index (κ2) is 77.2. The number of piperazine rings is 1. The standard InChI is InChI=1S/C91H177BN36O11/c1-3-72(2)73-70-128(71-74(92)139-73)76(130)41-23-5-4-22-40-75(129)120-58-60-121(61-59-120)85-117-86(122(62-66-135-88(131)124(50-32-14-6-24-42-109-77(93)94)51-33-15-7-25-43-110-78(95)96)63-67-136-89(132)125(52-34-16-8-26-44-111-79(97)98)53-35-17-9-27-45-112-80(99)100)119-87(118-85)123(64-68-137-90(133)126(54-36-18-10-28-46-113-81(101)102)55-37-19-11-29-47-114-82(103)104)65-69-138-91(134)127(56-38-20-12-30-48-115-83(105)106)57-39-21-13-31-49-116-84(107)108/h3,73-74H,4-71H2,1-2H3,(H4,93,94,109)(H4,95,96,110)(H4,97,98,111)(H4,99,100,112)(H4,101,102,113)(H4,103,104,114)(H4,105,106,115)(H4,107,108,116)/t73?,74-/m1/s1. The van der Waals surface area contributed by atoms with E-state index in [0.29, 0.717) is 208 Å². The molecule has 3 rings (SSSR count). The molecule has 32 N–H and O–H groups in total. The molecule has 3 heterocycles. The van der Waals surface area contributed by atoms with Crippen molar-refractivity contribution in [3.63, 3.8) is 0 Å². The Morgan fingerprint density at radius 2 is 0.554 bits per heavy atom. The molecule has 2 aliphatic heterocycles. The molecule has 1 aromatic rings. The van der Waals surface area contributed by atoms with Gasteiger partial charge in [-0.1, -0.05) is 122 Å². The van der Waals surface area contributed by atoms with Crippen LogP contribution >= 0.6 is 0 Å². The first-order valence-corrected chi connectivity index (χ1v) is 50.7. The lowest BCUT2D eigenvalue weighted by atomic mass is 9.95. The van der Waals surface area contributed by atoms with Crippen LogP contribution in [-0.4, -0.2) is 345 Å². The number of aliphatic imine (C=N–C) groups is 8. The second-order valence-corrected chi connectivity index (χ2v) is 35.2. The fourth-order valence-corrected chi connectivity index (χ4v) is 15.5. The summed E-state index contributed by atoms with van der Waals surface area (Å²) in [5, 5.41) is 0. The molecule has 0 aromatic carbocycles. The summed E-state index contributed by atoms with van der Waals surface area (Å²) < 4.78 is 31.1. The number of aromatic nitrogens is 3. The average molecular weight is 1960 g/mol. The Labute approximate surface area is 827 Å². The van der Waals surface area contributed by atoms with Gasteiger partial charge in [0.05, 0.1) is 38.8 Å². The van der Waals surface area contributed by atoms with E-state index in [9.17, 15) is 28.8 Å². The van der Waals surface area contributed by atoms with Crippen LogP contribution in [-0.2, 0) is 33.3 Å². The molecule has 1 aromatic heterocycles. The summed E-state index contributed by atoms with van der Waals surface area (Å²) in [4.78, 5) is 151. The van der Waals surface area contributed by atoms with Crippen LogP contribution in [0.2, 0.25) is 0 Å². The summed E-state index contributed by atoms with van der Waals surface area (Å²) in [7, 11) is 6.22. The zero-order valence-electron chi connectivity index (χ0n) is 84.1. The SMILES string of the molecule is [B][C@H]1CN(C(=O)CCCCCCC(=O)N2CCN(c3nc(N(CCOC(=O)N(CCCCCCN=C(N)N)CCCCCCN=C(N)N)CCOC(=O)N(CCCCCCN=C(N)N)CCCCCCN=C(N)N)nc(N(CCOC(=O)N(CCCCCCN=C(N)N)CCCCCCN=C(N)N)CCOC(=O)N(CCCCCCN=C(N)N)CCCCCCN=C(N)N)n3)CC2)CC(C(C)=CC)O1. The molecule has 2 atom stereocenters. The van der Waals surface area contributed by atoms with Gasteiger partial charge in [-0.15, -0.1) is 0 Å². The number of rotatable bonds is 79. The number of carbonyl (C=O) groups excluding carboxylic acids is 6. The average Bonchev–Trinajstić information content (AvgIpc) is 0.804. The molecule has 2 saturated heterocycles. The molecular weight excluding hydrogens is 1780 g/mol. The minimum atomic E-state index is -0.573. The van der Waals surface area contributed by atoms with Crippen LogP contribution in [0, 0.1) is 0 Å². The van der Waals surface area contributed by atoms with Crippen molar-refractivity contribution < 1.29 is 52.5 Å². The van der Waals surface area contributed by atoms with Gasteiger partial charge in [-0.05, 0) is 135 Å². The van der Waals surface area contributed by atoms with Gasteiger partial charge in [-0.3, -0.25) is 49.5 Å². The number of carbonyl (C=O) groups is 6. The van der Waals surface area contributed by atoms with Crippen molar-refractivity contribution in [2.45, 2.75) is 270 Å². The summed E-state index contributed by atoms with van der Waals surface area (Å²) >= 11 is 0. The number of allylic oxidation sites excluding steroid dienone is 1. The molecule has 0 saturated carbocycles. The predicted molar refractivity (Wildman–Crippen MR) is 556 cm³/mol. The molecule has 0 aliphatic carbocycles. The van der Waals surface area contributed by atoms with E-state index in [2.05, 4.69) is 39.9 Å². The predicted octanol–water partition coefficient (Wildman–Crippen LogP) is 3.59. The van der Waals surface area contributed by atoms with Crippen molar-refractivity contribution in [2.24, 2.45) is 132 Å². The van der Waals surface area contributed by atoms with Gasteiger partial charge in [0.15, 0.2) is 47.7 Å². The normalized spacial score (nSPS) is 13.5. The number of ether oxygens (including phenoxy) is 5. The van der Waals surface area contributed by atoms with Crippen LogP contribution in [0.1, 0.15) is 258 Å². The minimum Gasteiger partial charge on any atom is -0.448 e. The first-order valence-electron chi connectivity index (χ1n) is 50.7. The Morgan fingerprint density at radius 3 is 0.791 bits per heavy atom. The number of anilines is 3. The third-order valence-corrected chi connectivity index (χ3v) is 23.5. The van der Waals surface area contributed by atoms with Crippen molar-refractivity contribution in [3.05, 3.63) is 11.6 Å². The molecule has 0 spiro atoms. The van der Waals surface area contributed by atoms with Crippen molar-refractivity contribution in [1.29, 1.82) is 0 Å². The van der Waals surface area contributed by atoms with Crippen LogP contribution in [0.25, 0.3) is 0 Å². The van der Waals surface area contributed by atoms with E-state index in [0.717, 1.165) is 173 Å². The van der Waals surface area contributed by atoms with Crippen molar-refractivity contribution in [1.82, 2.24) is 44.4 Å². The number of hydrogen-bond donors (Lipinski definition) is 16. The fraction of sp³-hybridized carbons (Fsp3) is 0.791. The Hall–Kier alpha value is -11.6. The van der Waals surface area contributed by atoms with Gasteiger partial charge in [0.1, 0.15) is 34.3 Å². The number of unbranched alkanes of at least 4 members (excludes halogenated alkanes) is 27. The van der Waals surface area contributed by atoms with Gasteiger partial charge in [-0.25, -0.2) is 19.2 Å². The molecule has 790 valence electrons. The summed E-state index contributed by atoms with van der Waals surface area (Å²) in [6.45, 7) is 12.1. The van der Waals surface area contributed by atoms with Crippen LogP contribution in [0.15, 0.2) is 51.6 Å². The maximum Gasteiger partial charge on any atom is 0.409 e. The number of nitrogens with two attached hydrogens (primary N) is 16. The Bertz CT molecular complexity index is 3340. The number of nitrogens with zero attached hydrogens (tertiary/aromatic N) is 20. The summed E-state index contributed by atoms with van der Waals surface area (Å²) in [6.07, 6.45) is 27.4. The lowest BCUT2D eigenvalue weighted by Gasteiger charge is -2.37. The van der Waals surface area contributed by atoms with E-state index >= 15 is 0 Å². The van der Waals surface area contributed by atoms with Crippen molar-refractivity contribution in [2.75, 3.05) is 211 Å². The highest BCUT2D eigenvalue weighted by molar-refractivity contribution is 6.11. The van der Waals surface area contributed by atoms with Crippen molar-refractivity contribution >= 4 is 110 Å². The number of amides is 6. The summed E-state index contributed by atoms with van der Waals surface area (Å²) in [5.74, 6) is 0.598. The summed E-state index contributed by atoms with van der Waals surface area (Å²) in [5.41, 5.74) is 91.0. The Kier molecular flexibility index (Phi) is 67.5. The minimum absolute atomic E-state index is 0.0172. The highest BCUT2D eigenvalue weighted by Crippen LogP contribution is 2.25. The molecule has 2 aliphatic rings. The molecule has 47 nitrogen and oxygen atoms in total. The lowest BCUT2D eigenvalue weighted by Crippen LogP contribution is -2.50. The first-order chi connectivity index (χ1) is 67.0. The number of guanidine groups is 8. The van der Waals surface area contributed by atoms with Gasteiger partial charge in [0.2, 0.25) is 29.7 Å². The first kappa shape index (κ1) is 122. The maximum absolute atomic E-state index is 14.7. The van der Waals surface area contributed by atoms with Crippen LogP contribution in [0.5, 0.6) is 0 Å². The van der Waals surface area contributed by atoms with Crippen LogP contribution in [0.3, 0.4) is 0 Å². The van der Waals surface area contributed by atoms with Gasteiger partial charge in [0.25, 0.3) is 0 Å². The van der Waals surface area contributed by atoms with E-state index in [1.807, 2.05) is 29.7 Å². The van der Waals surface area contributed by atoms with E-state index in [4.69, 9.17) is 138 Å².